The van der Waals surface area contributed by atoms with Gasteiger partial charge in [-0.15, -0.1) is 11.3 Å². The number of benzene rings is 1. The number of nitrogens with zero attached hydrogens (tertiary/aromatic N) is 1. The summed E-state index contributed by atoms with van der Waals surface area (Å²) in [5.74, 6) is -2.69. The fourth-order valence-corrected chi connectivity index (χ4v) is 1.94. The quantitative estimate of drug-likeness (QED) is 0.886. The number of thiazole rings is 1. The van der Waals surface area contributed by atoms with Crippen LogP contribution in [-0.2, 0) is 0 Å². The number of halogens is 2. The minimum Gasteiger partial charge on any atom is -0.476 e. The summed E-state index contributed by atoms with van der Waals surface area (Å²) in [6.45, 7) is 0. The van der Waals surface area contributed by atoms with Gasteiger partial charge in [-0.3, -0.25) is 0 Å². The van der Waals surface area contributed by atoms with E-state index < -0.39 is 17.6 Å². The Morgan fingerprint density at radius 1 is 1.29 bits per heavy atom. The molecule has 0 radical (unpaired) electrons. The predicted octanol–water partition coefficient (Wildman–Crippen LogP) is 2.86. The average molecular weight is 256 g/mol. The molecule has 7 heteroatoms. The molecule has 0 bridgehead atoms. The fourth-order valence-electron chi connectivity index (χ4n) is 1.24. The molecule has 0 aliphatic heterocycles. The van der Waals surface area contributed by atoms with Crippen molar-refractivity contribution in [1.82, 2.24) is 4.98 Å². The molecule has 0 spiro atoms. The van der Waals surface area contributed by atoms with Gasteiger partial charge in [0.15, 0.2) is 5.69 Å². The summed E-state index contributed by atoms with van der Waals surface area (Å²) in [5, 5.41) is 11.6. The zero-order valence-corrected chi connectivity index (χ0v) is 9.09. The van der Waals surface area contributed by atoms with E-state index in [1.807, 2.05) is 0 Å². The molecule has 0 aliphatic carbocycles. The van der Waals surface area contributed by atoms with E-state index in [-0.39, 0.29) is 16.4 Å². The Morgan fingerprint density at radius 2 is 1.94 bits per heavy atom. The molecular weight excluding hydrogens is 250 g/mol. The Hall–Kier alpha value is -2.02. The molecule has 0 fully saturated rings. The molecule has 1 aromatic heterocycles. The van der Waals surface area contributed by atoms with E-state index in [9.17, 15) is 13.6 Å². The van der Waals surface area contributed by atoms with Crippen molar-refractivity contribution < 1.29 is 18.7 Å². The Kier molecular flexibility index (Phi) is 3.01. The molecule has 2 aromatic rings. The first kappa shape index (κ1) is 11.5. The van der Waals surface area contributed by atoms with Crippen molar-refractivity contribution in [2.24, 2.45) is 0 Å². The van der Waals surface area contributed by atoms with Crippen LogP contribution in [0, 0.1) is 11.6 Å². The van der Waals surface area contributed by atoms with Crippen molar-refractivity contribution in [2.45, 2.75) is 0 Å². The van der Waals surface area contributed by atoms with Gasteiger partial charge in [-0.25, -0.2) is 18.6 Å². The van der Waals surface area contributed by atoms with E-state index in [1.165, 1.54) is 5.51 Å². The topological polar surface area (TPSA) is 62.2 Å². The summed E-state index contributed by atoms with van der Waals surface area (Å²) in [6, 6.07) is 2.86. The van der Waals surface area contributed by atoms with Crippen molar-refractivity contribution in [3.8, 4) is 0 Å². The lowest BCUT2D eigenvalue weighted by Gasteiger charge is -2.04. The molecule has 1 heterocycles. The first-order valence-corrected chi connectivity index (χ1v) is 5.34. The third-order valence-corrected chi connectivity index (χ3v) is 2.63. The molecule has 0 saturated carbocycles. The van der Waals surface area contributed by atoms with Crippen molar-refractivity contribution in [2.75, 3.05) is 5.32 Å². The van der Waals surface area contributed by atoms with Gasteiger partial charge in [0.2, 0.25) is 0 Å². The number of carboxylic acids is 1. The Balaban J connectivity index is 2.31. The van der Waals surface area contributed by atoms with Gasteiger partial charge in [0, 0.05) is 11.8 Å². The van der Waals surface area contributed by atoms with Crippen molar-refractivity contribution in [1.29, 1.82) is 0 Å². The van der Waals surface area contributed by atoms with Crippen LogP contribution in [0.1, 0.15) is 10.5 Å². The largest absolute Gasteiger partial charge is 0.476 e. The average Bonchev–Trinajstić information content (AvgIpc) is 2.63. The minimum absolute atomic E-state index is 0.134. The Morgan fingerprint density at radius 3 is 2.53 bits per heavy atom. The van der Waals surface area contributed by atoms with E-state index in [0.29, 0.717) is 0 Å². The number of aromatic nitrogens is 1. The highest BCUT2D eigenvalue weighted by Gasteiger charge is 2.14. The summed E-state index contributed by atoms with van der Waals surface area (Å²) in [4.78, 5) is 14.4. The van der Waals surface area contributed by atoms with Gasteiger partial charge in [-0.2, -0.15) is 0 Å². The normalized spacial score (nSPS) is 10.2. The third kappa shape index (κ3) is 2.56. The van der Waals surface area contributed by atoms with Crippen LogP contribution >= 0.6 is 11.3 Å². The number of hydrogen-bond donors (Lipinski definition) is 2. The Bertz CT molecular complexity index is 551. The summed E-state index contributed by atoms with van der Waals surface area (Å²) in [6.07, 6.45) is 0. The smallest absolute Gasteiger partial charge is 0.357 e. The number of carboxylic acid groups (broad SMARTS) is 1. The molecule has 0 amide bonds. The van der Waals surface area contributed by atoms with Crippen LogP contribution in [0.4, 0.5) is 19.5 Å². The van der Waals surface area contributed by atoms with E-state index in [0.717, 1.165) is 29.5 Å². The standard InChI is InChI=1S/C10H6F2N2O2S/c11-5-1-6(12)3-7(2-5)14-9-8(10(15)16)13-4-17-9/h1-4,14H,(H,15,16). The molecule has 0 aliphatic rings. The maximum Gasteiger partial charge on any atom is 0.357 e. The Labute approximate surface area is 98.6 Å². The lowest BCUT2D eigenvalue weighted by atomic mass is 10.3. The third-order valence-electron chi connectivity index (χ3n) is 1.89. The number of hydrogen-bond acceptors (Lipinski definition) is 4. The highest BCUT2D eigenvalue weighted by Crippen LogP contribution is 2.25. The second-order valence-electron chi connectivity index (χ2n) is 3.12. The molecule has 17 heavy (non-hydrogen) atoms. The molecule has 2 rings (SSSR count). The van der Waals surface area contributed by atoms with Crippen molar-refractivity contribution in [3.05, 3.63) is 41.0 Å². The van der Waals surface area contributed by atoms with Crippen LogP contribution in [0.15, 0.2) is 23.7 Å². The maximum atomic E-state index is 12.9. The lowest BCUT2D eigenvalue weighted by molar-refractivity contribution is 0.0692. The van der Waals surface area contributed by atoms with Gasteiger partial charge in [0.25, 0.3) is 0 Å². The predicted molar refractivity (Wildman–Crippen MR) is 58.7 cm³/mol. The number of anilines is 2. The highest BCUT2D eigenvalue weighted by atomic mass is 32.1. The monoisotopic (exact) mass is 256 g/mol. The zero-order valence-electron chi connectivity index (χ0n) is 8.28. The van der Waals surface area contributed by atoms with Crippen molar-refractivity contribution >= 4 is 28.0 Å². The van der Waals surface area contributed by atoms with E-state index in [2.05, 4.69) is 10.3 Å². The molecule has 0 saturated heterocycles. The highest BCUT2D eigenvalue weighted by molar-refractivity contribution is 7.14. The molecule has 2 N–H and O–H groups in total. The number of carbonyl (C=O) groups is 1. The second kappa shape index (κ2) is 4.46. The minimum atomic E-state index is -1.20. The van der Waals surface area contributed by atoms with Crippen LogP contribution in [0.2, 0.25) is 0 Å². The maximum absolute atomic E-state index is 12.9. The van der Waals surface area contributed by atoms with E-state index >= 15 is 0 Å². The van der Waals surface area contributed by atoms with Crippen molar-refractivity contribution in [3.63, 3.8) is 0 Å². The molecule has 0 atom stereocenters. The summed E-state index contributed by atoms with van der Waals surface area (Å²) in [5.41, 5.74) is 1.29. The summed E-state index contributed by atoms with van der Waals surface area (Å²) >= 11 is 1.04. The molecule has 4 nitrogen and oxygen atoms in total. The number of rotatable bonds is 3. The van der Waals surface area contributed by atoms with Gasteiger partial charge >= 0.3 is 5.97 Å². The van der Waals surface area contributed by atoms with Crippen LogP contribution in [0.5, 0.6) is 0 Å². The first-order chi connectivity index (χ1) is 8.06. The second-order valence-corrected chi connectivity index (χ2v) is 3.97. The van der Waals surface area contributed by atoms with Crippen LogP contribution in [0.25, 0.3) is 0 Å². The molecular formula is C10H6F2N2O2S. The van der Waals surface area contributed by atoms with Gasteiger partial charge in [0.1, 0.15) is 16.6 Å². The SMILES string of the molecule is O=C(O)c1ncsc1Nc1cc(F)cc(F)c1. The first-order valence-electron chi connectivity index (χ1n) is 4.46. The molecule has 0 unspecified atom stereocenters. The van der Waals surface area contributed by atoms with Crippen LogP contribution in [0.3, 0.4) is 0 Å². The van der Waals surface area contributed by atoms with Gasteiger partial charge < -0.3 is 10.4 Å². The van der Waals surface area contributed by atoms with Crippen LogP contribution < -0.4 is 5.32 Å². The summed E-state index contributed by atoms with van der Waals surface area (Å²) < 4.78 is 25.8. The van der Waals surface area contributed by atoms with Gasteiger partial charge in [-0.05, 0) is 12.1 Å². The zero-order chi connectivity index (χ0) is 12.4. The molecule has 1 aromatic carbocycles. The number of aromatic carboxylic acids is 1. The van der Waals surface area contributed by atoms with Crippen LogP contribution in [-0.4, -0.2) is 16.1 Å². The van der Waals surface area contributed by atoms with E-state index in [1.54, 1.807) is 0 Å². The number of nitrogens with one attached hydrogen (secondary N) is 1. The van der Waals surface area contributed by atoms with Gasteiger partial charge in [0.05, 0.1) is 5.51 Å². The van der Waals surface area contributed by atoms with E-state index in [4.69, 9.17) is 5.11 Å². The van der Waals surface area contributed by atoms with Gasteiger partial charge in [-0.1, -0.05) is 0 Å². The fraction of sp³-hybridized carbons (Fsp3) is 0. The lowest BCUT2D eigenvalue weighted by Crippen LogP contribution is -2.01. The molecule has 88 valence electrons. The summed E-state index contributed by atoms with van der Waals surface area (Å²) in [7, 11) is 0.